The highest BCUT2D eigenvalue weighted by Gasteiger charge is 2.29. The van der Waals surface area contributed by atoms with Crippen LogP contribution in [0.4, 0.5) is 24.7 Å². The smallest absolute Gasteiger partial charge is 0.422 e. The molecule has 1 saturated heterocycles. The topological polar surface area (TPSA) is 101 Å². The zero-order valence-electron chi connectivity index (χ0n) is 18.0. The molecule has 0 aliphatic carbocycles. The second-order valence-corrected chi connectivity index (χ2v) is 7.47. The number of nitro groups is 1. The van der Waals surface area contributed by atoms with Crippen molar-refractivity contribution in [2.75, 3.05) is 44.2 Å². The highest BCUT2D eigenvalue weighted by Crippen LogP contribution is 2.26. The fourth-order valence-electron chi connectivity index (χ4n) is 3.39. The molecule has 1 fully saturated rings. The van der Waals surface area contributed by atoms with E-state index in [4.69, 9.17) is 0 Å². The molecule has 0 bridgehead atoms. The lowest BCUT2D eigenvalue weighted by molar-refractivity contribution is -0.385. The Balaban J connectivity index is 1.63. The van der Waals surface area contributed by atoms with Crippen molar-refractivity contribution in [2.24, 2.45) is 0 Å². The number of anilines is 1. The van der Waals surface area contributed by atoms with Gasteiger partial charge in [0.2, 0.25) is 0 Å². The number of piperazine rings is 1. The molecular formula is C21H24F3N5O4. The molecule has 0 spiro atoms. The molecule has 1 aliphatic rings. The summed E-state index contributed by atoms with van der Waals surface area (Å²) in [6, 6.07) is 6.53. The summed E-state index contributed by atoms with van der Waals surface area (Å²) in [5, 5.41) is 13.8. The van der Waals surface area contributed by atoms with Crippen molar-refractivity contribution in [3.63, 3.8) is 0 Å². The molecule has 2 heterocycles. The normalized spacial score (nSPS) is 14.7. The number of halogens is 3. The number of rotatable bonds is 8. The van der Waals surface area contributed by atoms with Crippen molar-refractivity contribution in [1.29, 1.82) is 0 Å². The Labute approximate surface area is 188 Å². The van der Waals surface area contributed by atoms with Crippen molar-refractivity contribution in [3.05, 3.63) is 57.8 Å². The minimum atomic E-state index is -4.58. The Morgan fingerprint density at radius 3 is 2.52 bits per heavy atom. The van der Waals surface area contributed by atoms with E-state index in [-0.39, 0.29) is 12.3 Å². The Morgan fingerprint density at radius 1 is 1.21 bits per heavy atom. The van der Waals surface area contributed by atoms with Crippen LogP contribution in [0.15, 0.2) is 36.5 Å². The summed E-state index contributed by atoms with van der Waals surface area (Å²) in [7, 11) is 0. The van der Waals surface area contributed by atoms with Crippen LogP contribution in [0.5, 0.6) is 5.75 Å². The molecular weight excluding hydrogens is 443 g/mol. The van der Waals surface area contributed by atoms with Gasteiger partial charge in [-0.25, -0.2) is 4.98 Å². The van der Waals surface area contributed by atoms with Gasteiger partial charge in [-0.05, 0) is 30.3 Å². The molecule has 0 unspecified atom stereocenters. The van der Waals surface area contributed by atoms with Crippen LogP contribution in [0.1, 0.15) is 22.8 Å². The zero-order chi connectivity index (χ0) is 24.0. The highest BCUT2D eigenvalue weighted by atomic mass is 19.4. The summed E-state index contributed by atoms with van der Waals surface area (Å²) in [6.45, 7) is 5.26. The van der Waals surface area contributed by atoms with E-state index in [0.717, 1.165) is 56.7 Å². The molecule has 1 aliphatic heterocycles. The third-order valence-corrected chi connectivity index (χ3v) is 5.22. The Hall–Kier alpha value is -3.41. The van der Waals surface area contributed by atoms with E-state index in [1.165, 1.54) is 0 Å². The summed E-state index contributed by atoms with van der Waals surface area (Å²) in [5.41, 5.74) is -0.254. The molecule has 0 saturated carbocycles. The van der Waals surface area contributed by atoms with Crippen LogP contribution in [0.25, 0.3) is 0 Å². The van der Waals surface area contributed by atoms with E-state index in [9.17, 15) is 28.1 Å². The largest absolute Gasteiger partial charge is 0.484 e. The number of pyridine rings is 1. The number of aromatic nitrogens is 1. The fourth-order valence-corrected chi connectivity index (χ4v) is 3.39. The molecule has 178 valence electrons. The van der Waals surface area contributed by atoms with Gasteiger partial charge in [-0.2, -0.15) is 13.2 Å². The predicted molar refractivity (Wildman–Crippen MR) is 114 cm³/mol. The van der Waals surface area contributed by atoms with E-state index < -0.39 is 34.9 Å². The van der Waals surface area contributed by atoms with Gasteiger partial charge in [-0.3, -0.25) is 14.9 Å². The van der Waals surface area contributed by atoms with Crippen molar-refractivity contribution in [2.45, 2.75) is 19.6 Å². The first kappa shape index (κ1) is 24.2. The first-order chi connectivity index (χ1) is 15.7. The molecule has 0 radical (unpaired) electrons. The lowest BCUT2D eigenvalue weighted by Crippen LogP contribution is -2.46. The van der Waals surface area contributed by atoms with Gasteiger partial charge in [0.25, 0.3) is 11.6 Å². The maximum Gasteiger partial charge on any atom is 0.422 e. The van der Waals surface area contributed by atoms with Crippen LogP contribution in [0.2, 0.25) is 0 Å². The minimum absolute atomic E-state index is 0.0422. The van der Waals surface area contributed by atoms with E-state index >= 15 is 0 Å². The SMILES string of the molecule is CCN1CCN(c2ccc(CNC(=O)c3cc(OCC(F)(F)F)ccc3[N+](=O)[O-])cn2)CC1. The highest BCUT2D eigenvalue weighted by molar-refractivity contribution is 5.98. The summed E-state index contributed by atoms with van der Waals surface area (Å²) < 4.78 is 41.7. The van der Waals surface area contributed by atoms with Crippen molar-refractivity contribution >= 4 is 17.4 Å². The molecule has 1 amide bonds. The predicted octanol–water partition coefficient (Wildman–Crippen LogP) is 3.00. The van der Waals surface area contributed by atoms with Crippen LogP contribution < -0.4 is 15.0 Å². The summed E-state index contributed by atoms with van der Waals surface area (Å²) in [6.07, 6.45) is -2.97. The van der Waals surface area contributed by atoms with Crippen LogP contribution in [-0.4, -0.2) is 66.2 Å². The maximum atomic E-state index is 12.5. The third-order valence-electron chi connectivity index (χ3n) is 5.22. The summed E-state index contributed by atoms with van der Waals surface area (Å²) in [5.74, 6) is -0.276. The molecule has 1 N–H and O–H groups in total. The number of carbonyl (C=O) groups is 1. The number of amides is 1. The number of alkyl halides is 3. The number of nitrogens with one attached hydrogen (secondary N) is 1. The first-order valence-corrected chi connectivity index (χ1v) is 10.3. The lowest BCUT2D eigenvalue weighted by Gasteiger charge is -2.34. The van der Waals surface area contributed by atoms with Gasteiger partial charge in [-0.1, -0.05) is 13.0 Å². The molecule has 3 rings (SSSR count). The number of hydrogen-bond acceptors (Lipinski definition) is 7. The molecule has 0 atom stereocenters. The number of nitrogens with zero attached hydrogens (tertiary/aromatic N) is 4. The van der Waals surface area contributed by atoms with E-state index in [1.807, 2.05) is 6.07 Å². The first-order valence-electron chi connectivity index (χ1n) is 10.3. The third kappa shape index (κ3) is 6.78. The summed E-state index contributed by atoms with van der Waals surface area (Å²) in [4.78, 5) is 32.0. The van der Waals surface area contributed by atoms with Crippen LogP contribution >= 0.6 is 0 Å². The quantitative estimate of drug-likeness (QED) is 0.471. The van der Waals surface area contributed by atoms with Crippen LogP contribution in [-0.2, 0) is 6.54 Å². The van der Waals surface area contributed by atoms with Crippen molar-refractivity contribution in [3.8, 4) is 5.75 Å². The van der Waals surface area contributed by atoms with Crippen LogP contribution in [0.3, 0.4) is 0 Å². The Bertz CT molecular complexity index is 977. The van der Waals surface area contributed by atoms with E-state index in [1.54, 1.807) is 12.3 Å². The van der Waals surface area contributed by atoms with Gasteiger partial charge in [0.1, 0.15) is 17.1 Å². The Morgan fingerprint density at radius 2 is 1.94 bits per heavy atom. The molecule has 9 nitrogen and oxygen atoms in total. The van der Waals surface area contributed by atoms with Gasteiger partial charge in [-0.15, -0.1) is 0 Å². The van der Waals surface area contributed by atoms with Gasteiger partial charge >= 0.3 is 6.18 Å². The number of hydrogen-bond donors (Lipinski definition) is 1. The monoisotopic (exact) mass is 467 g/mol. The average molecular weight is 467 g/mol. The van der Waals surface area contributed by atoms with Crippen molar-refractivity contribution in [1.82, 2.24) is 15.2 Å². The second kappa shape index (κ2) is 10.5. The molecule has 1 aromatic heterocycles. The lowest BCUT2D eigenvalue weighted by atomic mass is 10.1. The zero-order valence-corrected chi connectivity index (χ0v) is 18.0. The standard InChI is InChI=1S/C21H24F3N5O4/c1-2-27-7-9-28(10-8-27)19-6-3-15(12-25-19)13-26-20(30)17-11-16(33-14-21(22,23)24)4-5-18(17)29(31)32/h3-6,11-12H,2,7-10,13-14H2,1H3,(H,26,30). The van der Waals surface area contributed by atoms with Crippen molar-refractivity contribution < 1.29 is 27.6 Å². The van der Waals surface area contributed by atoms with Gasteiger partial charge < -0.3 is 19.9 Å². The van der Waals surface area contributed by atoms with E-state index in [2.05, 4.69) is 31.8 Å². The molecule has 33 heavy (non-hydrogen) atoms. The van der Waals surface area contributed by atoms with Gasteiger partial charge in [0.05, 0.1) is 4.92 Å². The number of nitro benzene ring substituents is 1. The molecule has 2 aromatic rings. The summed E-state index contributed by atoms with van der Waals surface area (Å²) >= 11 is 0. The fraction of sp³-hybridized carbons (Fsp3) is 0.429. The van der Waals surface area contributed by atoms with E-state index in [0.29, 0.717) is 5.56 Å². The Kier molecular flexibility index (Phi) is 7.69. The minimum Gasteiger partial charge on any atom is -0.484 e. The number of ether oxygens (including phenoxy) is 1. The van der Waals surface area contributed by atoms with Gasteiger partial charge in [0, 0.05) is 45.0 Å². The number of carbonyl (C=O) groups excluding carboxylic acids is 1. The number of benzene rings is 1. The molecule has 12 heteroatoms. The second-order valence-electron chi connectivity index (χ2n) is 7.47. The average Bonchev–Trinajstić information content (AvgIpc) is 2.81. The number of likely N-dealkylation sites (N-methyl/N-ethyl adjacent to an activating group) is 1. The molecule has 1 aromatic carbocycles. The van der Waals surface area contributed by atoms with Crippen LogP contribution in [0, 0.1) is 10.1 Å². The maximum absolute atomic E-state index is 12.5. The van der Waals surface area contributed by atoms with Gasteiger partial charge in [0.15, 0.2) is 6.61 Å².